The van der Waals surface area contributed by atoms with Crippen molar-refractivity contribution in [2.24, 2.45) is 0 Å². The molecule has 32 heavy (non-hydrogen) atoms. The van der Waals surface area contributed by atoms with E-state index in [4.69, 9.17) is 4.74 Å². The number of esters is 1. The highest BCUT2D eigenvalue weighted by Gasteiger charge is 2.32. The number of anilines is 1. The smallest absolute Gasteiger partial charge is 0.340 e. The summed E-state index contributed by atoms with van der Waals surface area (Å²) in [5.41, 5.74) is 3.12. The molecule has 1 N–H and O–H groups in total. The summed E-state index contributed by atoms with van der Waals surface area (Å²) in [4.78, 5) is 25.8. The van der Waals surface area contributed by atoms with Crippen molar-refractivity contribution in [1.82, 2.24) is 0 Å². The Labute approximate surface area is 202 Å². The average Bonchev–Trinajstić information content (AvgIpc) is 2.99. The molecule has 0 radical (unpaired) electrons. The predicted molar refractivity (Wildman–Crippen MR) is 124 cm³/mol. The van der Waals surface area contributed by atoms with Crippen LogP contribution in [0.3, 0.4) is 0 Å². The van der Waals surface area contributed by atoms with Crippen molar-refractivity contribution < 1.29 is 35.8 Å². The van der Waals surface area contributed by atoms with Gasteiger partial charge in [-0.15, -0.1) is 0 Å². The lowest BCUT2D eigenvalue weighted by atomic mass is 10.1. The summed E-state index contributed by atoms with van der Waals surface area (Å²) in [5, 5.41) is 3.06. The summed E-state index contributed by atoms with van der Waals surface area (Å²) in [6.07, 6.45) is 5.49. The number of likely N-dealkylation sites (tertiary alicyclic amines) is 1. The second kappa shape index (κ2) is 12.8. The van der Waals surface area contributed by atoms with E-state index in [0.717, 1.165) is 48.9 Å². The third-order valence-corrected chi connectivity index (χ3v) is 6.05. The summed E-state index contributed by atoms with van der Waals surface area (Å²) < 4.78 is 6.09. The van der Waals surface area contributed by atoms with Crippen molar-refractivity contribution in [1.29, 1.82) is 0 Å². The highest BCUT2D eigenvalue weighted by atomic mass is 79.9. The summed E-state index contributed by atoms with van der Waals surface area (Å²) in [6, 6.07) is 15.9. The van der Waals surface area contributed by atoms with Crippen LogP contribution < -0.4 is 22.3 Å². The minimum Gasteiger partial charge on any atom is -1.00 e. The van der Waals surface area contributed by atoms with Crippen LogP contribution in [-0.2, 0) is 16.1 Å². The van der Waals surface area contributed by atoms with Gasteiger partial charge >= 0.3 is 5.97 Å². The molecule has 1 fully saturated rings. The maximum Gasteiger partial charge on any atom is 0.340 e. The SMILES string of the molecule is CCCOC(=O)c1cccc(C)c1NC(=O)C[N+]1(Cc2ccccc2)CCCCCC1.[Br-]. The van der Waals surface area contributed by atoms with Crippen molar-refractivity contribution in [3.63, 3.8) is 0 Å². The van der Waals surface area contributed by atoms with Crippen molar-refractivity contribution in [3.8, 4) is 0 Å². The minimum atomic E-state index is -0.385. The molecule has 0 aromatic heterocycles. The lowest BCUT2D eigenvalue weighted by Crippen LogP contribution is -3.00. The Balaban J connectivity index is 0.00000363. The second-order valence-corrected chi connectivity index (χ2v) is 8.69. The largest absolute Gasteiger partial charge is 1.00 e. The van der Waals surface area contributed by atoms with Crippen LogP contribution in [0.25, 0.3) is 0 Å². The van der Waals surface area contributed by atoms with Crippen molar-refractivity contribution in [3.05, 3.63) is 65.2 Å². The second-order valence-electron chi connectivity index (χ2n) is 8.69. The zero-order valence-corrected chi connectivity index (χ0v) is 20.8. The zero-order chi connectivity index (χ0) is 22.1. The molecular weight excluding hydrogens is 468 g/mol. The number of para-hydroxylation sites is 1. The molecule has 1 saturated heterocycles. The molecule has 0 spiro atoms. The zero-order valence-electron chi connectivity index (χ0n) is 19.2. The van der Waals surface area contributed by atoms with Gasteiger partial charge in [0.05, 0.1) is 30.9 Å². The number of halogens is 1. The third-order valence-electron chi connectivity index (χ3n) is 6.05. The number of hydrogen-bond acceptors (Lipinski definition) is 3. The number of amides is 1. The normalized spacial score (nSPS) is 15.2. The van der Waals surface area contributed by atoms with Crippen LogP contribution in [0.15, 0.2) is 48.5 Å². The van der Waals surface area contributed by atoms with E-state index in [1.54, 1.807) is 6.07 Å². The molecule has 174 valence electrons. The fraction of sp³-hybridized carbons (Fsp3) is 0.462. The van der Waals surface area contributed by atoms with E-state index >= 15 is 0 Å². The fourth-order valence-corrected chi connectivity index (χ4v) is 4.46. The maximum atomic E-state index is 13.3. The first-order chi connectivity index (χ1) is 15.0. The number of nitrogens with zero attached hydrogens (tertiary/aromatic N) is 1. The van der Waals surface area contributed by atoms with Crippen LogP contribution in [-0.4, -0.2) is 42.6 Å². The molecule has 6 heteroatoms. The number of benzene rings is 2. The Morgan fingerprint density at radius 3 is 2.31 bits per heavy atom. The third kappa shape index (κ3) is 7.17. The number of carbonyl (C=O) groups is 2. The van der Waals surface area contributed by atoms with Gasteiger partial charge in [-0.05, 0) is 50.7 Å². The van der Waals surface area contributed by atoms with E-state index in [1.165, 1.54) is 18.4 Å². The van der Waals surface area contributed by atoms with Gasteiger partial charge in [0, 0.05) is 5.56 Å². The summed E-state index contributed by atoms with van der Waals surface area (Å²) in [5.74, 6) is -0.430. The minimum absolute atomic E-state index is 0. The van der Waals surface area contributed by atoms with E-state index < -0.39 is 0 Å². The van der Waals surface area contributed by atoms with E-state index in [0.29, 0.717) is 24.4 Å². The van der Waals surface area contributed by atoms with Crippen LogP contribution in [0.2, 0.25) is 0 Å². The first kappa shape index (κ1) is 26.1. The molecule has 3 rings (SSSR count). The first-order valence-electron chi connectivity index (χ1n) is 11.5. The van der Waals surface area contributed by atoms with Gasteiger partial charge in [-0.1, -0.05) is 49.4 Å². The topological polar surface area (TPSA) is 55.4 Å². The van der Waals surface area contributed by atoms with Crippen LogP contribution >= 0.6 is 0 Å². The highest BCUT2D eigenvalue weighted by molar-refractivity contribution is 6.02. The van der Waals surface area contributed by atoms with Gasteiger partial charge in [0.15, 0.2) is 6.54 Å². The molecule has 2 aromatic carbocycles. The quantitative estimate of drug-likeness (QED) is 0.444. The summed E-state index contributed by atoms with van der Waals surface area (Å²) >= 11 is 0. The van der Waals surface area contributed by atoms with Gasteiger partial charge < -0.3 is 31.5 Å². The molecule has 0 aliphatic carbocycles. The van der Waals surface area contributed by atoms with Crippen LogP contribution in [0, 0.1) is 6.92 Å². The molecule has 0 unspecified atom stereocenters. The van der Waals surface area contributed by atoms with E-state index in [2.05, 4.69) is 29.6 Å². The molecule has 1 aliphatic rings. The Kier molecular flexibility index (Phi) is 10.4. The lowest BCUT2D eigenvalue weighted by molar-refractivity contribution is -0.932. The van der Waals surface area contributed by atoms with Gasteiger partial charge in [-0.3, -0.25) is 4.79 Å². The number of aryl methyl sites for hydroxylation is 1. The number of quaternary nitrogens is 1. The van der Waals surface area contributed by atoms with E-state index in [1.807, 2.05) is 32.0 Å². The molecule has 1 amide bonds. The summed E-state index contributed by atoms with van der Waals surface area (Å²) in [6.45, 7) is 7.51. The van der Waals surface area contributed by atoms with Crippen LogP contribution in [0.1, 0.15) is 60.5 Å². The first-order valence-corrected chi connectivity index (χ1v) is 11.5. The van der Waals surface area contributed by atoms with Crippen LogP contribution in [0.4, 0.5) is 5.69 Å². The van der Waals surface area contributed by atoms with Crippen molar-refractivity contribution >= 4 is 17.6 Å². The van der Waals surface area contributed by atoms with Gasteiger partial charge in [0.2, 0.25) is 0 Å². The molecular formula is C26H35BrN2O3. The fourth-order valence-electron chi connectivity index (χ4n) is 4.46. The van der Waals surface area contributed by atoms with Crippen LogP contribution in [0.5, 0.6) is 0 Å². The van der Waals surface area contributed by atoms with Crippen molar-refractivity contribution in [2.75, 3.05) is 31.6 Å². The molecule has 0 atom stereocenters. The van der Waals surface area contributed by atoms with Crippen molar-refractivity contribution in [2.45, 2.75) is 52.5 Å². The number of ether oxygens (including phenoxy) is 1. The Bertz CT molecular complexity index is 878. The molecule has 2 aromatic rings. The standard InChI is InChI=1S/C26H34N2O3.BrH/c1-3-18-31-26(30)23-15-11-12-21(2)25(23)27-24(29)20-28(16-9-4-5-10-17-28)19-22-13-7-6-8-14-22;/h6-8,11-15H,3-5,9-10,16-20H2,1-2H3;1H. The van der Waals surface area contributed by atoms with Gasteiger partial charge in [0.25, 0.3) is 5.91 Å². The lowest BCUT2D eigenvalue weighted by Gasteiger charge is -2.37. The number of hydrogen-bond donors (Lipinski definition) is 1. The Morgan fingerprint density at radius 1 is 0.969 bits per heavy atom. The summed E-state index contributed by atoms with van der Waals surface area (Å²) in [7, 11) is 0. The van der Waals surface area contributed by atoms with E-state index in [-0.39, 0.29) is 28.9 Å². The van der Waals surface area contributed by atoms with Gasteiger partial charge in [0.1, 0.15) is 6.54 Å². The molecule has 0 bridgehead atoms. The molecule has 1 aliphatic heterocycles. The monoisotopic (exact) mass is 502 g/mol. The average molecular weight is 503 g/mol. The molecule has 0 saturated carbocycles. The predicted octanol–water partition coefficient (Wildman–Crippen LogP) is 2.10. The number of nitrogens with one attached hydrogen (secondary N) is 1. The van der Waals surface area contributed by atoms with E-state index in [9.17, 15) is 9.59 Å². The highest BCUT2D eigenvalue weighted by Crippen LogP contribution is 2.25. The maximum absolute atomic E-state index is 13.3. The number of rotatable bonds is 8. The molecule has 1 heterocycles. The van der Waals surface area contributed by atoms with Gasteiger partial charge in [-0.2, -0.15) is 0 Å². The Morgan fingerprint density at radius 2 is 1.66 bits per heavy atom. The number of carbonyl (C=O) groups excluding carboxylic acids is 2. The Hall–Kier alpha value is -2.18. The van der Waals surface area contributed by atoms with Gasteiger partial charge in [-0.25, -0.2) is 4.79 Å². The molecule has 5 nitrogen and oxygen atoms in total.